The highest BCUT2D eigenvalue weighted by Crippen LogP contribution is 2.17. The summed E-state index contributed by atoms with van der Waals surface area (Å²) in [7, 11) is 0. The molecule has 0 radical (unpaired) electrons. The summed E-state index contributed by atoms with van der Waals surface area (Å²) in [5.41, 5.74) is 5.04. The van der Waals surface area contributed by atoms with Crippen molar-refractivity contribution in [3.8, 4) is 0 Å². The number of carbonyl (C=O) groups is 1. The second-order valence-electron chi connectivity index (χ2n) is 3.58. The molecule has 0 atom stereocenters. The van der Waals surface area contributed by atoms with Gasteiger partial charge >= 0.3 is 0 Å². The van der Waals surface area contributed by atoms with E-state index in [9.17, 15) is 4.79 Å². The lowest BCUT2D eigenvalue weighted by Crippen LogP contribution is -2.25. The summed E-state index contributed by atoms with van der Waals surface area (Å²) >= 11 is 1.20. The lowest BCUT2D eigenvalue weighted by molar-refractivity contribution is 0.261. The number of imidazole rings is 1. The number of nitrogens with one attached hydrogen (secondary N) is 1. The molecule has 0 aliphatic carbocycles. The Morgan fingerprint density at radius 2 is 2.41 bits per heavy atom. The second-order valence-corrected chi connectivity index (χ2v) is 4.53. The van der Waals surface area contributed by atoms with Crippen molar-refractivity contribution in [1.29, 1.82) is 0 Å². The molecule has 3 rings (SSSR count). The van der Waals surface area contributed by atoms with E-state index >= 15 is 0 Å². The van der Waals surface area contributed by atoms with Crippen LogP contribution in [0.3, 0.4) is 0 Å². The number of fused-ring (bicyclic) bond motifs is 1. The van der Waals surface area contributed by atoms with Crippen LogP contribution in [0.1, 0.15) is 11.4 Å². The third-order valence-electron chi connectivity index (χ3n) is 2.47. The Hall–Kier alpha value is -1.89. The first-order valence-corrected chi connectivity index (χ1v) is 6.03. The highest BCUT2D eigenvalue weighted by molar-refractivity contribution is 8.14. The average molecular weight is 247 g/mol. The molecule has 86 valence electrons. The van der Waals surface area contributed by atoms with Crippen LogP contribution in [0.15, 0.2) is 23.6 Å². The number of amides is 1. The van der Waals surface area contributed by atoms with Gasteiger partial charge < -0.3 is 0 Å². The number of aryl methyl sites for hydroxylation is 1. The summed E-state index contributed by atoms with van der Waals surface area (Å²) in [6.07, 6.45) is 3.59. The quantitative estimate of drug-likeness (QED) is 0.821. The van der Waals surface area contributed by atoms with Gasteiger partial charge in [0.15, 0.2) is 0 Å². The number of aromatic nitrogens is 3. The maximum atomic E-state index is 11.0. The molecule has 1 aliphatic heterocycles. The number of carbonyl (C=O) groups excluding carboxylic acids is 1. The lowest BCUT2D eigenvalue weighted by atomic mass is 10.2. The Balaban J connectivity index is 2.17. The molecule has 1 N–H and O–H groups in total. The van der Waals surface area contributed by atoms with E-state index in [-0.39, 0.29) is 5.24 Å². The smallest absolute Gasteiger partial charge is 0.282 e. The third kappa shape index (κ3) is 1.68. The largest absolute Gasteiger partial charge is 0.299 e. The van der Waals surface area contributed by atoms with Crippen LogP contribution in [0, 0.1) is 6.92 Å². The molecule has 0 fully saturated rings. The first kappa shape index (κ1) is 10.3. The van der Waals surface area contributed by atoms with Crippen LogP contribution < -0.4 is 5.43 Å². The van der Waals surface area contributed by atoms with Gasteiger partial charge in [0.1, 0.15) is 0 Å². The van der Waals surface area contributed by atoms with E-state index in [1.165, 1.54) is 11.8 Å². The number of hydrogen-bond acceptors (Lipinski definition) is 5. The fraction of sp³-hybridized carbons (Fsp3) is 0.200. The van der Waals surface area contributed by atoms with Crippen molar-refractivity contribution in [3.63, 3.8) is 0 Å². The van der Waals surface area contributed by atoms with Crippen molar-refractivity contribution in [3.05, 3.63) is 29.8 Å². The van der Waals surface area contributed by atoms with E-state index in [1.807, 2.05) is 23.6 Å². The molecule has 1 aliphatic rings. The van der Waals surface area contributed by atoms with Gasteiger partial charge in [-0.1, -0.05) is 11.8 Å². The number of nitrogens with zero attached hydrogens (tertiary/aromatic N) is 4. The van der Waals surface area contributed by atoms with Crippen LogP contribution in [0.5, 0.6) is 0 Å². The van der Waals surface area contributed by atoms with Crippen molar-refractivity contribution in [1.82, 2.24) is 19.8 Å². The van der Waals surface area contributed by atoms with E-state index in [1.54, 1.807) is 6.20 Å². The third-order valence-corrected chi connectivity index (χ3v) is 3.24. The van der Waals surface area contributed by atoms with Crippen LogP contribution >= 0.6 is 11.8 Å². The summed E-state index contributed by atoms with van der Waals surface area (Å²) in [4.78, 5) is 19.6. The Bertz CT molecular complexity index is 633. The predicted octanol–water partition coefficient (Wildman–Crippen LogP) is 1.20. The summed E-state index contributed by atoms with van der Waals surface area (Å²) < 4.78 is 1.88. The van der Waals surface area contributed by atoms with Gasteiger partial charge in [0, 0.05) is 18.1 Å². The fourth-order valence-electron chi connectivity index (χ4n) is 1.78. The molecule has 3 heterocycles. The number of hydrazone groups is 1. The summed E-state index contributed by atoms with van der Waals surface area (Å²) in [5, 5.41) is 3.95. The lowest BCUT2D eigenvalue weighted by Gasteiger charge is -2.11. The minimum absolute atomic E-state index is 0.127. The molecule has 2 aromatic rings. The Morgan fingerprint density at radius 1 is 1.53 bits per heavy atom. The molecule has 1 amide bonds. The fourth-order valence-corrected chi connectivity index (χ4v) is 2.36. The first-order valence-electron chi connectivity index (χ1n) is 5.05. The van der Waals surface area contributed by atoms with Gasteiger partial charge in [-0.2, -0.15) is 5.10 Å². The molecule has 17 heavy (non-hydrogen) atoms. The van der Waals surface area contributed by atoms with E-state index < -0.39 is 0 Å². The zero-order valence-corrected chi connectivity index (χ0v) is 9.86. The molecular formula is C10H9N5OS. The van der Waals surface area contributed by atoms with Gasteiger partial charge in [0.05, 0.1) is 17.1 Å². The van der Waals surface area contributed by atoms with Crippen molar-refractivity contribution in [2.75, 3.05) is 5.75 Å². The predicted molar refractivity (Wildman–Crippen MR) is 65.3 cm³/mol. The van der Waals surface area contributed by atoms with Gasteiger partial charge in [-0.25, -0.2) is 15.4 Å². The molecule has 0 saturated heterocycles. The molecule has 0 saturated carbocycles. The highest BCUT2D eigenvalue weighted by atomic mass is 32.2. The summed E-state index contributed by atoms with van der Waals surface area (Å²) in [5.74, 6) is 1.19. The molecule has 0 bridgehead atoms. The average Bonchev–Trinajstić information content (AvgIpc) is 2.66. The molecular weight excluding hydrogens is 238 g/mol. The molecule has 6 nitrogen and oxygen atoms in total. The zero-order valence-electron chi connectivity index (χ0n) is 9.04. The molecule has 7 heteroatoms. The zero-order chi connectivity index (χ0) is 11.8. The molecule has 0 aromatic carbocycles. The Labute approximate surface area is 101 Å². The maximum absolute atomic E-state index is 11.0. The van der Waals surface area contributed by atoms with Gasteiger partial charge in [0.2, 0.25) is 5.78 Å². The van der Waals surface area contributed by atoms with Crippen molar-refractivity contribution >= 4 is 28.5 Å². The van der Waals surface area contributed by atoms with Crippen molar-refractivity contribution in [2.45, 2.75) is 6.92 Å². The van der Waals surface area contributed by atoms with Crippen LogP contribution in [0.25, 0.3) is 5.78 Å². The number of thioether (sulfide) groups is 1. The molecule has 0 spiro atoms. The van der Waals surface area contributed by atoms with Crippen molar-refractivity contribution in [2.24, 2.45) is 5.10 Å². The van der Waals surface area contributed by atoms with Gasteiger partial charge in [-0.05, 0) is 13.0 Å². The normalized spacial score (nSPS) is 15.8. The van der Waals surface area contributed by atoms with E-state index in [2.05, 4.69) is 20.5 Å². The number of rotatable bonds is 1. The Kier molecular flexibility index (Phi) is 2.32. The standard InChI is InChI=1S/C10H9N5OS/c1-6-8(7-5-17-10(16)14-13-7)15-4-2-3-11-9(15)12-6/h2-4H,5H2,1H3,(H,14,16). The first-order chi connectivity index (χ1) is 8.25. The van der Waals surface area contributed by atoms with Crippen LogP contribution in [-0.2, 0) is 0 Å². The molecule has 2 aromatic heterocycles. The highest BCUT2D eigenvalue weighted by Gasteiger charge is 2.19. The molecule has 0 unspecified atom stereocenters. The van der Waals surface area contributed by atoms with E-state index in [0.29, 0.717) is 11.5 Å². The van der Waals surface area contributed by atoms with E-state index in [0.717, 1.165) is 17.1 Å². The SMILES string of the molecule is Cc1nc2ncccn2c1C1=NNC(=O)SC1. The van der Waals surface area contributed by atoms with Crippen molar-refractivity contribution < 1.29 is 4.79 Å². The van der Waals surface area contributed by atoms with E-state index in [4.69, 9.17) is 0 Å². The number of hydrogen-bond donors (Lipinski definition) is 1. The van der Waals surface area contributed by atoms with Gasteiger partial charge in [-0.3, -0.25) is 9.20 Å². The summed E-state index contributed by atoms with van der Waals surface area (Å²) in [6, 6.07) is 1.84. The van der Waals surface area contributed by atoms with Gasteiger partial charge in [-0.15, -0.1) is 0 Å². The minimum Gasteiger partial charge on any atom is -0.282 e. The summed E-state index contributed by atoms with van der Waals surface area (Å²) in [6.45, 7) is 1.91. The monoisotopic (exact) mass is 247 g/mol. The van der Waals surface area contributed by atoms with Crippen LogP contribution in [-0.4, -0.2) is 31.1 Å². The maximum Gasteiger partial charge on any atom is 0.299 e. The van der Waals surface area contributed by atoms with Crippen LogP contribution in [0.2, 0.25) is 0 Å². The Morgan fingerprint density at radius 3 is 3.18 bits per heavy atom. The second kappa shape index (κ2) is 3.85. The minimum atomic E-state index is -0.127. The topological polar surface area (TPSA) is 71.7 Å². The van der Waals surface area contributed by atoms with Crippen LogP contribution in [0.4, 0.5) is 4.79 Å². The van der Waals surface area contributed by atoms with Gasteiger partial charge in [0.25, 0.3) is 5.24 Å².